The molecule has 100 valence electrons. The van der Waals surface area contributed by atoms with E-state index in [1.807, 2.05) is 13.0 Å². The van der Waals surface area contributed by atoms with Crippen LogP contribution in [0.4, 0.5) is 0 Å². The van der Waals surface area contributed by atoms with E-state index in [0.717, 1.165) is 0 Å². The summed E-state index contributed by atoms with van der Waals surface area (Å²) in [6.07, 6.45) is 8.25. The van der Waals surface area contributed by atoms with E-state index in [4.69, 9.17) is 9.84 Å². The predicted molar refractivity (Wildman–Crippen MR) is 67.1 cm³/mol. The maximum absolute atomic E-state index is 11.7. The lowest BCUT2D eigenvalue weighted by atomic mass is 10.1. The normalized spacial score (nSPS) is 17.7. The van der Waals surface area contributed by atoms with Crippen molar-refractivity contribution in [2.75, 3.05) is 19.7 Å². The van der Waals surface area contributed by atoms with Crippen molar-refractivity contribution >= 4 is 11.9 Å². The lowest BCUT2D eigenvalue weighted by Gasteiger charge is -2.30. The molecule has 0 radical (unpaired) electrons. The molecule has 1 N–H and O–H groups in total. The number of piperidine rings is 1. The summed E-state index contributed by atoms with van der Waals surface area (Å²) in [7, 11) is 0. The molecule has 1 aliphatic heterocycles. The molecule has 5 heteroatoms. The Morgan fingerprint density at radius 1 is 1.33 bits per heavy atom. The number of allylic oxidation sites excluding steroid dienone is 3. The quantitative estimate of drug-likeness (QED) is 0.590. The fourth-order valence-electron chi connectivity index (χ4n) is 1.79. The molecule has 0 aromatic rings. The summed E-state index contributed by atoms with van der Waals surface area (Å²) in [5.41, 5.74) is 0. The molecule has 1 fully saturated rings. The Bertz CT molecular complexity index is 341. The van der Waals surface area contributed by atoms with Crippen LogP contribution in [0.3, 0.4) is 0 Å². The van der Waals surface area contributed by atoms with E-state index in [1.165, 1.54) is 0 Å². The summed E-state index contributed by atoms with van der Waals surface area (Å²) in [6, 6.07) is 0. The average molecular weight is 253 g/mol. The second kappa shape index (κ2) is 7.66. The van der Waals surface area contributed by atoms with Gasteiger partial charge >= 0.3 is 5.97 Å². The van der Waals surface area contributed by atoms with Gasteiger partial charge in [-0.1, -0.05) is 18.2 Å². The minimum absolute atomic E-state index is 0.00946. The van der Waals surface area contributed by atoms with E-state index in [-0.39, 0.29) is 18.6 Å². The molecular formula is C13H19NO4. The third kappa shape index (κ3) is 5.14. The SMILES string of the molecule is CC=CC=CC(=O)N1CCC(OCC(=O)O)CC1. The van der Waals surface area contributed by atoms with Crippen molar-refractivity contribution < 1.29 is 19.4 Å². The molecule has 1 rings (SSSR count). The number of carboxylic acids is 1. The molecule has 1 heterocycles. The molecule has 0 aromatic heterocycles. The van der Waals surface area contributed by atoms with Gasteiger partial charge in [-0.25, -0.2) is 4.79 Å². The molecule has 1 aliphatic rings. The average Bonchev–Trinajstić information content (AvgIpc) is 2.37. The van der Waals surface area contributed by atoms with Crippen LogP contribution in [-0.2, 0) is 14.3 Å². The molecule has 0 aromatic carbocycles. The molecular weight excluding hydrogens is 234 g/mol. The standard InChI is InChI=1S/C13H19NO4/c1-2-3-4-5-12(15)14-8-6-11(7-9-14)18-10-13(16)17/h2-5,11H,6-10H2,1H3,(H,16,17). The largest absolute Gasteiger partial charge is 0.480 e. The summed E-state index contributed by atoms with van der Waals surface area (Å²) in [5.74, 6) is -0.965. The third-order valence-corrected chi connectivity index (χ3v) is 2.74. The maximum Gasteiger partial charge on any atom is 0.329 e. The van der Waals surface area contributed by atoms with Gasteiger partial charge in [0.05, 0.1) is 6.10 Å². The van der Waals surface area contributed by atoms with E-state index in [0.29, 0.717) is 25.9 Å². The minimum Gasteiger partial charge on any atom is -0.480 e. The van der Waals surface area contributed by atoms with Crippen molar-refractivity contribution in [2.45, 2.75) is 25.9 Å². The topological polar surface area (TPSA) is 66.8 Å². The summed E-state index contributed by atoms with van der Waals surface area (Å²) >= 11 is 0. The van der Waals surface area contributed by atoms with Crippen molar-refractivity contribution in [3.63, 3.8) is 0 Å². The molecule has 18 heavy (non-hydrogen) atoms. The number of carbonyl (C=O) groups excluding carboxylic acids is 1. The number of carboxylic acid groups (broad SMARTS) is 1. The second-order valence-corrected chi connectivity index (χ2v) is 4.11. The number of ether oxygens (including phenoxy) is 1. The number of carbonyl (C=O) groups is 2. The smallest absolute Gasteiger partial charge is 0.329 e. The van der Waals surface area contributed by atoms with Crippen LogP contribution in [0.15, 0.2) is 24.3 Å². The summed E-state index contributed by atoms with van der Waals surface area (Å²) in [5, 5.41) is 8.50. The number of hydrogen-bond donors (Lipinski definition) is 1. The summed E-state index contributed by atoms with van der Waals surface area (Å²) < 4.78 is 5.20. The van der Waals surface area contributed by atoms with Crippen molar-refractivity contribution in [3.05, 3.63) is 24.3 Å². The van der Waals surface area contributed by atoms with Crippen LogP contribution in [0.2, 0.25) is 0 Å². The highest BCUT2D eigenvalue weighted by Crippen LogP contribution is 2.13. The lowest BCUT2D eigenvalue weighted by Crippen LogP contribution is -2.40. The van der Waals surface area contributed by atoms with Gasteiger partial charge in [0.2, 0.25) is 5.91 Å². The first-order valence-electron chi connectivity index (χ1n) is 6.05. The zero-order valence-corrected chi connectivity index (χ0v) is 10.5. The molecule has 1 saturated heterocycles. The van der Waals surface area contributed by atoms with Gasteiger partial charge < -0.3 is 14.7 Å². The van der Waals surface area contributed by atoms with E-state index >= 15 is 0 Å². The van der Waals surface area contributed by atoms with Gasteiger partial charge in [0, 0.05) is 19.2 Å². The maximum atomic E-state index is 11.7. The molecule has 0 saturated carbocycles. The van der Waals surface area contributed by atoms with E-state index in [2.05, 4.69) is 0 Å². The van der Waals surface area contributed by atoms with Crippen molar-refractivity contribution in [1.82, 2.24) is 4.90 Å². The van der Waals surface area contributed by atoms with Gasteiger partial charge in [-0.15, -0.1) is 0 Å². The van der Waals surface area contributed by atoms with Gasteiger partial charge in [-0.3, -0.25) is 4.79 Å². The first-order chi connectivity index (χ1) is 8.63. The molecule has 1 amide bonds. The fraction of sp³-hybridized carbons (Fsp3) is 0.538. The first kappa shape index (κ1) is 14.4. The molecule has 0 atom stereocenters. The van der Waals surface area contributed by atoms with Gasteiger partial charge in [0.15, 0.2) is 0 Å². The van der Waals surface area contributed by atoms with Crippen LogP contribution < -0.4 is 0 Å². The minimum atomic E-state index is -0.956. The predicted octanol–water partition coefficient (Wildman–Crippen LogP) is 1.21. The van der Waals surface area contributed by atoms with Gasteiger partial charge in [0.25, 0.3) is 0 Å². The number of hydrogen-bond acceptors (Lipinski definition) is 3. The Hall–Kier alpha value is -1.62. The first-order valence-corrected chi connectivity index (χ1v) is 6.05. The van der Waals surface area contributed by atoms with Crippen molar-refractivity contribution in [3.8, 4) is 0 Å². The highest BCUT2D eigenvalue weighted by molar-refractivity contribution is 5.87. The monoisotopic (exact) mass is 253 g/mol. The third-order valence-electron chi connectivity index (χ3n) is 2.74. The number of aliphatic carboxylic acids is 1. The second-order valence-electron chi connectivity index (χ2n) is 4.11. The van der Waals surface area contributed by atoms with E-state index in [9.17, 15) is 9.59 Å². The van der Waals surface area contributed by atoms with Crippen LogP contribution in [0.5, 0.6) is 0 Å². The van der Waals surface area contributed by atoms with E-state index < -0.39 is 5.97 Å². The lowest BCUT2D eigenvalue weighted by molar-refractivity contribution is -0.146. The summed E-state index contributed by atoms with van der Waals surface area (Å²) in [6.45, 7) is 2.85. The number of amides is 1. The fourth-order valence-corrected chi connectivity index (χ4v) is 1.79. The Balaban J connectivity index is 2.30. The Morgan fingerprint density at radius 2 is 2.00 bits per heavy atom. The molecule has 5 nitrogen and oxygen atoms in total. The molecule has 0 unspecified atom stereocenters. The highest BCUT2D eigenvalue weighted by Gasteiger charge is 2.22. The van der Waals surface area contributed by atoms with Gasteiger partial charge in [0.1, 0.15) is 6.61 Å². The van der Waals surface area contributed by atoms with Crippen LogP contribution >= 0.6 is 0 Å². The highest BCUT2D eigenvalue weighted by atomic mass is 16.5. The number of nitrogens with zero attached hydrogens (tertiary/aromatic N) is 1. The Kier molecular flexibility index (Phi) is 6.14. The zero-order valence-electron chi connectivity index (χ0n) is 10.5. The van der Waals surface area contributed by atoms with Crippen LogP contribution in [0.25, 0.3) is 0 Å². The van der Waals surface area contributed by atoms with Crippen LogP contribution in [0, 0.1) is 0 Å². The number of rotatable bonds is 5. The van der Waals surface area contributed by atoms with Crippen molar-refractivity contribution in [2.24, 2.45) is 0 Å². The van der Waals surface area contributed by atoms with Crippen LogP contribution in [-0.4, -0.2) is 47.7 Å². The van der Waals surface area contributed by atoms with Gasteiger partial charge in [-0.2, -0.15) is 0 Å². The van der Waals surface area contributed by atoms with Crippen molar-refractivity contribution in [1.29, 1.82) is 0 Å². The van der Waals surface area contributed by atoms with Crippen LogP contribution in [0.1, 0.15) is 19.8 Å². The molecule has 0 aliphatic carbocycles. The number of likely N-dealkylation sites (tertiary alicyclic amines) is 1. The molecule has 0 bridgehead atoms. The van der Waals surface area contributed by atoms with E-state index in [1.54, 1.807) is 23.1 Å². The Morgan fingerprint density at radius 3 is 2.56 bits per heavy atom. The van der Waals surface area contributed by atoms with Gasteiger partial charge in [-0.05, 0) is 19.8 Å². The molecule has 0 spiro atoms. The zero-order chi connectivity index (χ0) is 13.4. The Labute approximate surface area is 107 Å². The summed E-state index contributed by atoms with van der Waals surface area (Å²) in [4.78, 5) is 23.8.